The van der Waals surface area contributed by atoms with Crippen LogP contribution in [0.4, 0.5) is 0 Å². The Morgan fingerprint density at radius 1 is 1.20 bits per heavy atom. The summed E-state index contributed by atoms with van der Waals surface area (Å²) in [5.74, 6) is 0. The third-order valence-corrected chi connectivity index (χ3v) is 1.39. The van der Waals surface area contributed by atoms with Crippen LogP contribution in [-0.4, -0.2) is 39.1 Å². The highest BCUT2D eigenvalue weighted by molar-refractivity contribution is 5.71. The predicted octanol–water partition coefficient (Wildman–Crippen LogP) is 1.10. The molecule has 1 rings (SSSR count). The first-order valence-electron chi connectivity index (χ1n) is 4.23. The van der Waals surface area contributed by atoms with Gasteiger partial charge in [0, 0.05) is 27.5 Å². The number of hydrogen-bond donors (Lipinski definition) is 0. The molecular weight excluding hydrogens is 198 g/mol. The molecule has 0 saturated carbocycles. The van der Waals surface area contributed by atoms with Crippen molar-refractivity contribution in [3.05, 3.63) is 30.1 Å². The predicted molar refractivity (Wildman–Crippen MR) is 54.4 cm³/mol. The van der Waals surface area contributed by atoms with Crippen LogP contribution in [0, 0.1) is 0 Å². The Labute approximate surface area is 89.0 Å². The van der Waals surface area contributed by atoms with Crippen molar-refractivity contribution in [2.75, 3.05) is 21.3 Å². The Hall–Kier alpha value is -1.30. The van der Waals surface area contributed by atoms with E-state index in [1.54, 1.807) is 24.4 Å². The summed E-state index contributed by atoms with van der Waals surface area (Å²) in [4.78, 5) is 13.7. The summed E-state index contributed by atoms with van der Waals surface area (Å²) in [6.07, 6.45) is 2.31. The SMILES string of the molecule is COC(OC)OC.O=Cc1ccccn1. The molecule has 0 aliphatic rings. The molecule has 0 unspecified atom stereocenters. The molecule has 1 aromatic heterocycles. The Morgan fingerprint density at radius 3 is 2.00 bits per heavy atom. The maximum absolute atomic E-state index is 9.94. The monoisotopic (exact) mass is 213 g/mol. The lowest BCUT2D eigenvalue weighted by Crippen LogP contribution is -2.14. The molecule has 15 heavy (non-hydrogen) atoms. The first kappa shape index (κ1) is 13.7. The first-order chi connectivity index (χ1) is 7.28. The smallest absolute Gasteiger partial charge is 0.270 e. The van der Waals surface area contributed by atoms with Gasteiger partial charge in [-0.25, -0.2) is 0 Å². The van der Waals surface area contributed by atoms with Gasteiger partial charge in [0.15, 0.2) is 6.29 Å². The van der Waals surface area contributed by atoms with Crippen molar-refractivity contribution in [3.8, 4) is 0 Å². The Morgan fingerprint density at radius 2 is 1.80 bits per heavy atom. The summed E-state index contributed by atoms with van der Waals surface area (Å²) >= 11 is 0. The zero-order valence-electron chi connectivity index (χ0n) is 9.04. The van der Waals surface area contributed by atoms with Crippen LogP contribution in [0.5, 0.6) is 0 Å². The van der Waals surface area contributed by atoms with Crippen molar-refractivity contribution in [1.82, 2.24) is 4.98 Å². The second kappa shape index (κ2) is 9.26. The topological polar surface area (TPSA) is 57.7 Å². The van der Waals surface area contributed by atoms with Gasteiger partial charge in [-0.15, -0.1) is 0 Å². The lowest BCUT2D eigenvalue weighted by Gasteiger charge is -2.08. The Bertz CT molecular complexity index is 243. The van der Waals surface area contributed by atoms with Crippen LogP contribution in [0.1, 0.15) is 10.5 Å². The van der Waals surface area contributed by atoms with Crippen LogP contribution < -0.4 is 0 Å². The number of pyridine rings is 1. The number of carbonyl (C=O) groups excluding carboxylic acids is 1. The summed E-state index contributed by atoms with van der Waals surface area (Å²) in [5.41, 5.74) is 0.479. The average Bonchev–Trinajstić information content (AvgIpc) is 2.33. The summed E-state index contributed by atoms with van der Waals surface area (Å²) in [6.45, 7) is -0.514. The van der Waals surface area contributed by atoms with Crippen LogP contribution in [-0.2, 0) is 14.2 Å². The van der Waals surface area contributed by atoms with Gasteiger partial charge in [0.2, 0.25) is 0 Å². The van der Waals surface area contributed by atoms with Crippen molar-refractivity contribution >= 4 is 6.29 Å². The van der Waals surface area contributed by atoms with Crippen molar-refractivity contribution in [2.24, 2.45) is 0 Å². The van der Waals surface area contributed by atoms with Gasteiger partial charge in [0.1, 0.15) is 5.69 Å². The number of nitrogens with zero attached hydrogens (tertiary/aromatic N) is 1. The molecule has 0 aliphatic carbocycles. The Kier molecular flexibility index (Phi) is 8.46. The van der Waals surface area contributed by atoms with Crippen molar-refractivity contribution in [3.63, 3.8) is 0 Å². The Balaban J connectivity index is 0.000000265. The van der Waals surface area contributed by atoms with Gasteiger partial charge in [-0.3, -0.25) is 9.78 Å². The highest BCUT2D eigenvalue weighted by atomic mass is 16.8. The zero-order chi connectivity index (χ0) is 11.5. The van der Waals surface area contributed by atoms with Crippen molar-refractivity contribution < 1.29 is 19.0 Å². The summed E-state index contributed by atoms with van der Waals surface area (Å²) in [6, 6.07) is 5.21. The van der Waals surface area contributed by atoms with E-state index in [9.17, 15) is 4.79 Å². The van der Waals surface area contributed by atoms with Crippen LogP contribution in [0.15, 0.2) is 24.4 Å². The molecule has 84 valence electrons. The largest absolute Gasteiger partial charge is 0.333 e. The van der Waals surface area contributed by atoms with E-state index >= 15 is 0 Å². The normalized spacial score (nSPS) is 9.33. The van der Waals surface area contributed by atoms with E-state index in [2.05, 4.69) is 19.2 Å². The molecular formula is C10H15NO4. The van der Waals surface area contributed by atoms with E-state index in [-0.39, 0.29) is 0 Å². The quantitative estimate of drug-likeness (QED) is 0.553. The minimum atomic E-state index is -0.514. The maximum Gasteiger partial charge on any atom is 0.270 e. The minimum absolute atomic E-state index is 0.479. The molecule has 5 heteroatoms. The molecule has 0 aliphatic heterocycles. The van der Waals surface area contributed by atoms with E-state index in [0.717, 1.165) is 6.29 Å². The molecule has 0 amide bonds. The number of carbonyl (C=O) groups is 1. The molecule has 0 bridgehead atoms. The highest BCUT2D eigenvalue weighted by Crippen LogP contribution is 1.87. The fourth-order valence-corrected chi connectivity index (χ4v) is 0.734. The summed E-state index contributed by atoms with van der Waals surface area (Å²) in [7, 11) is 4.53. The van der Waals surface area contributed by atoms with E-state index in [4.69, 9.17) is 0 Å². The molecule has 0 saturated heterocycles. The van der Waals surface area contributed by atoms with E-state index in [0.29, 0.717) is 5.69 Å². The molecule has 0 N–H and O–H groups in total. The van der Waals surface area contributed by atoms with Gasteiger partial charge in [-0.05, 0) is 12.1 Å². The number of aldehydes is 1. The van der Waals surface area contributed by atoms with E-state index in [1.165, 1.54) is 21.3 Å². The lowest BCUT2D eigenvalue weighted by molar-refractivity contribution is -0.252. The van der Waals surface area contributed by atoms with Crippen LogP contribution in [0.25, 0.3) is 0 Å². The minimum Gasteiger partial charge on any atom is -0.333 e. The number of ether oxygens (including phenoxy) is 3. The molecule has 0 spiro atoms. The zero-order valence-corrected chi connectivity index (χ0v) is 9.04. The molecule has 0 radical (unpaired) electrons. The number of rotatable bonds is 4. The molecule has 0 atom stereocenters. The van der Waals surface area contributed by atoms with E-state index in [1.807, 2.05) is 0 Å². The van der Waals surface area contributed by atoms with E-state index < -0.39 is 6.48 Å². The van der Waals surface area contributed by atoms with Crippen LogP contribution >= 0.6 is 0 Å². The molecule has 1 heterocycles. The van der Waals surface area contributed by atoms with Gasteiger partial charge in [0.05, 0.1) is 0 Å². The van der Waals surface area contributed by atoms with Crippen molar-refractivity contribution in [2.45, 2.75) is 6.48 Å². The molecule has 0 aromatic carbocycles. The third kappa shape index (κ3) is 6.73. The molecule has 0 fully saturated rings. The second-order valence-electron chi connectivity index (χ2n) is 2.37. The average molecular weight is 213 g/mol. The fraction of sp³-hybridized carbons (Fsp3) is 0.400. The van der Waals surface area contributed by atoms with Gasteiger partial charge in [0.25, 0.3) is 6.48 Å². The number of aromatic nitrogens is 1. The second-order valence-corrected chi connectivity index (χ2v) is 2.37. The van der Waals surface area contributed by atoms with Crippen LogP contribution in [0.2, 0.25) is 0 Å². The molecule has 5 nitrogen and oxygen atoms in total. The third-order valence-electron chi connectivity index (χ3n) is 1.39. The number of hydrogen-bond acceptors (Lipinski definition) is 5. The standard InChI is InChI=1S/C6H5NO.C4H10O3/c8-5-6-3-1-2-4-7-6;1-5-4(6-2)7-3/h1-5H;4H,1-3H3. The number of methoxy groups -OCH3 is 3. The summed E-state index contributed by atoms with van der Waals surface area (Å²) < 4.78 is 13.8. The molecule has 1 aromatic rings. The van der Waals surface area contributed by atoms with Crippen molar-refractivity contribution in [1.29, 1.82) is 0 Å². The van der Waals surface area contributed by atoms with Gasteiger partial charge in [-0.1, -0.05) is 6.07 Å². The van der Waals surface area contributed by atoms with Crippen LogP contribution in [0.3, 0.4) is 0 Å². The van der Waals surface area contributed by atoms with Gasteiger partial charge < -0.3 is 14.2 Å². The van der Waals surface area contributed by atoms with Gasteiger partial charge >= 0.3 is 0 Å². The lowest BCUT2D eigenvalue weighted by atomic mass is 10.4. The maximum atomic E-state index is 9.94. The van der Waals surface area contributed by atoms with Gasteiger partial charge in [-0.2, -0.15) is 0 Å². The fourth-order valence-electron chi connectivity index (χ4n) is 0.734. The first-order valence-corrected chi connectivity index (χ1v) is 4.23. The summed E-state index contributed by atoms with van der Waals surface area (Å²) in [5, 5.41) is 0. The highest BCUT2D eigenvalue weighted by Gasteiger charge is 1.96.